The topological polar surface area (TPSA) is 40.6 Å². The van der Waals surface area contributed by atoms with Crippen LogP contribution in [-0.4, -0.2) is 30.3 Å². The highest BCUT2D eigenvalue weighted by atomic mass is 32.1. The average molecular weight is 310 g/mol. The Kier molecular flexibility index (Phi) is 2.90. The summed E-state index contributed by atoms with van der Waals surface area (Å²) in [4.78, 5) is 29.2. The Balaban J connectivity index is 1.91. The number of thiophene rings is 1. The molecule has 0 radical (unpaired) electrons. The van der Waals surface area contributed by atoms with Gasteiger partial charge in [0.15, 0.2) is 0 Å². The molecule has 2 amide bonds. The average Bonchev–Trinajstić information content (AvgIpc) is 3.23. The van der Waals surface area contributed by atoms with E-state index >= 15 is 0 Å². The lowest BCUT2D eigenvalue weighted by atomic mass is 10.1. The standard InChI is InChI=1S/C17H14N2O2S/c1-18-16(20)14(13-7-4-10-22-13)15(17(18)21)19-9-8-11-5-2-3-6-12(11)19/h2-7,10H,8-9H2,1H3. The van der Waals surface area contributed by atoms with Gasteiger partial charge in [0, 0.05) is 24.2 Å². The van der Waals surface area contributed by atoms with Crippen molar-refractivity contribution in [3.63, 3.8) is 0 Å². The zero-order valence-corrected chi connectivity index (χ0v) is 12.9. The molecule has 0 spiro atoms. The summed E-state index contributed by atoms with van der Waals surface area (Å²) in [6, 6.07) is 11.9. The number of carbonyl (C=O) groups is 2. The fourth-order valence-corrected chi connectivity index (χ4v) is 3.85. The van der Waals surface area contributed by atoms with Gasteiger partial charge in [0.25, 0.3) is 11.8 Å². The summed E-state index contributed by atoms with van der Waals surface area (Å²) >= 11 is 1.49. The molecule has 2 aliphatic rings. The fraction of sp³-hybridized carbons (Fsp3) is 0.176. The van der Waals surface area contributed by atoms with E-state index in [1.807, 2.05) is 40.6 Å². The summed E-state index contributed by atoms with van der Waals surface area (Å²) in [5, 5.41) is 1.92. The number of carbonyl (C=O) groups excluding carboxylic acids is 2. The molecular weight excluding hydrogens is 296 g/mol. The zero-order valence-electron chi connectivity index (χ0n) is 12.1. The van der Waals surface area contributed by atoms with Gasteiger partial charge >= 0.3 is 0 Å². The molecule has 0 saturated heterocycles. The van der Waals surface area contributed by atoms with E-state index in [0.717, 1.165) is 23.5 Å². The van der Waals surface area contributed by atoms with Crippen LogP contribution in [0.1, 0.15) is 10.4 Å². The summed E-state index contributed by atoms with van der Waals surface area (Å²) in [6.45, 7) is 0.733. The van der Waals surface area contributed by atoms with Gasteiger partial charge in [-0.15, -0.1) is 11.3 Å². The first-order valence-electron chi connectivity index (χ1n) is 7.14. The second-order valence-electron chi connectivity index (χ2n) is 5.40. The molecule has 5 heteroatoms. The third-order valence-electron chi connectivity index (χ3n) is 4.19. The van der Waals surface area contributed by atoms with Crippen molar-refractivity contribution in [3.05, 3.63) is 57.9 Å². The Hall–Kier alpha value is -2.40. The number of amides is 2. The van der Waals surface area contributed by atoms with Crippen molar-refractivity contribution in [2.45, 2.75) is 6.42 Å². The van der Waals surface area contributed by atoms with E-state index in [0.29, 0.717) is 11.3 Å². The van der Waals surface area contributed by atoms with Crippen LogP contribution in [-0.2, 0) is 16.0 Å². The molecule has 0 aliphatic carbocycles. The van der Waals surface area contributed by atoms with Crippen molar-refractivity contribution in [3.8, 4) is 0 Å². The lowest BCUT2D eigenvalue weighted by Gasteiger charge is -2.20. The molecule has 3 heterocycles. The molecule has 0 fully saturated rings. The maximum absolute atomic E-state index is 12.6. The van der Waals surface area contributed by atoms with Crippen LogP contribution >= 0.6 is 11.3 Å². The van der Waals surface area contributed by atoms with Crippen molar-refractivity contribution < 1.29 is 9.59 Å². The van der Waals surface area contributed by atoms with Gasteiger partial charge < -0.3 is 4.90 Å². The molecule has 0 bridgehead atoms. The Morgan fingerprint density at radius 2 is 1.86 bits per heavy atom. The number of para-hydroxylation sites is 1. The minimum atomic E-state index is -0.217. The van der Waals surface area contributed by atoms with Crippen LogP contribution in [0.25, 0.3) is 5.57 Å². The van der Waals surface area contributed by atoms with Gasteiger partial charge in [0.1, 0.15) is 5.70 Å². The minimum absolute atomic E-state index is 0.216. The van der Waals surface area contributed by atoms with E-state index in [4.69, 9.17) is 0 Å². The number of benzene rings is 1. The lowest BCUT2D eigenvalue weighted by Crippen LogP contribution is -2.31. The molecule has 1 aromatic carbocycles. The number of anilines is 1. The van der Waals surface area contributed by atoms with Crippen LogP contribution in [0.4, 0.5) is 5.69 Å². The van der Waals surface area contributed by atoms with Gasteiger partial charge in [-0.3, -0.25) is 14.5 Å². The molecule has 0 atom stereocenters. The van der Waals surface area contributed by atoms with Gasteiger partial charge in [0.2, 0.25) is 0 Å². The Bertz CT molecular complexity index is 808. The van der Waals surface area contributed by atoms with Crippen LogP contribution in [0.3, 0.4) is 0 Å². The van der Waals surface area contributed by atoms with Gasteiger partial charge in [-0.25, -0.2) is 0 Å². The number of hydrogen-bond acceptors (Lipinski definition) is 4. The second-order valence-corrected chi connectivity index (χ2v) is 6.35. The number of hydrogen-bond donors (Lipinski definition) is 0. The van der Waals surface area contributed by atoms with Crippen molar-refractivity contribution in [1.82, 2.24) is 4.90 Å². The highest BCUT2D eigenvalue weighted by Crippen LogP contribution is 2.38. The van der Waals surface area contributed by atoms with Crippen LogP contribution in [0.5, 0.6) is 0 Å². The molecule has 2 aliphatic heterocycles. The summed E-state index contributed by atoms with van der Waals surface area (Å²) in [5.74, 6) is -0.433. The van der Waals surface area contributed by atoms with E-state index in [2.05, 4.69) is 6.07 Å². The van der Waals surface area contributed by atoms with E-state index in [9.17, 15) is 9.59 Å². The number of likely N-dealkylation sites (N-methyl/N-ethyl adjacent to an activating group) is 1. The molecule has 1 aromatic heterocycles. The predicted molar refractivity (Wildman–Crippen MR) is 86.5 cm³/mol. The van der Waals surface area contributed by atoms with Gasteiger partial charge in [-0.1, -0.05) is 24.3 Å². The van der Waals surface area contributed by atoms with Crippen molar-refractivity contribution >= 4 is 34.4 Å². The largest absolute Gasteiger partial charge is 0.336 e. The maximum atomic E-state index is 12.6. The molecular formula is C17H14N2O2S. The molecule has 4 rings (SSSR count). The van der Waals surface area contributed by atoms with Crippen LogP contribution in [0.15, 0.2) is 47.5 Å². The molecule has 0 unspecified atom stereocenters. The molecule has 22 heavy (non-hydrogen) atoms. The van der Waals surface area contributed by atoms with Crippen molar-refractivity contribution in [2.75, 3.05) is 18.5 Å². The van der Waals surface area contributed by atoms with E-state index in [1.165, 1.54) is 21.8 Å². The van der Waals surface area contributed by atoms with Gasteiger partial charge in [0.05, 0.1) is 5.57 Å². The monoisotopic (exact) mass is 310 g/mol. The van der Waals surface area contributed by atoms with Crippen LogP contribution < -0.4 is 4.90 Å². The van der Waals surface area contributed by atoms with E-state index in [-0.39, 0.29) is 11.8 Å². The minimum Gasteiger partial charge on any atom is -0.336 e. The molecule has 0 saturated carbocycles. The number of imide groups is 1. The third kappa shape index (κ3) is 1.75. The Labute approximate surface area is 132 Å². The summed E-state index contributed by atoms with van der Waals surface area (Å²) in [6.07, 6.45) is 0.891. The Morgan fingerprint density at radius 1 is 1.05 bits per heavy atom. The first-order valence-corrected chi connectivity index (χ1v) is 8.02. The summed E-state index contributed by atoms with van der Waals surface area (Å²) in [5.41, 5.74) is 3.29. The van der Waals surface area contributed by atoms with Crippen LogP contribution in [0.2, 0.25) is 0 Å². The number of nitrogens with zero attached hydrogens (tertiary/aromatic N) is 2. The zero-order chi connectivity index (χ0) is 15.3. The molecule has 2 aromatic rings. The quantitative estimate of drug-likeness (QED) is 0.800. The maximum Gasteiger partial charge on any atom is 0.277 e. The molecule has 4 nitrogen and oxygen atoms in total. The number of fused-ring (bicyclic) bond motifs is 1. The highest BCUT2D eigenvalue weighted by molar-refractivity contribution is 7.11. The number of rotatable bonds is 2. The second kappa shape index (κ2) is 4.81. The van der Waals surface area contributed by atoms with Crippen molar-refractivity contribution in [1.29, 1.82) is 0 Å². The van der Waals surface area contributed by atoms with Gasteiger partial charge in [-0.2, -0.15) is 0 Å². The highest BCUT2D eigenvalue weighted by Gasteiger charge is 2.41. The Morgan fingerprint density at radius 3 is 2.64 bits per heavy atom. The first kappa shape index (κ1) is 13.3. The fourth-order valence-electron chi connectivity index (χ4n) is 3.09. The predicted octanol–water partition coefficient (Wildman–Crippen LogP) is 2.52. The summed E-state index contributed by atoms with van der Waals surface area (Å²) in [7, 11) is 1.55. The SMILES string of the molecule is CN1C(=O)C(c2cccs2)=C(N2CCc3ccccc32)C1=O. The first-order chi connectivity index (χ1) is 10.7. The normalized spacial score (nSPS) is 17.7. The lowest BCUT2D eigenvalue weighted by molar-refractivity contribution is -0.135. The van der Waals surface area contributed by atoms with E-state index in [1.54, 1.807) is 7.05 Å². The smallest absolute Gasteiger partial charge is 0.277 e. The third-order valence-corrected chi connectivity index (χ3v) is 5.07. The van der Waals surface area contributed by atoms with E-state index < -0.39 is 0 Å². The summed E-state index contributed by atoms with van der Waals surface area (Å²) < 4.78 is 0. The van der Waals surface area contributed by atoms with Gasteiger partial charge in [-0.05, 0) is 29.5 Å². The van der Waals surface area contributed by atoms with Crippen LogP contribution in [0, 0.1) is 0 Å². The molecule has 110 valence electrons. The molecule has 0 N–H and O–H groups in total. The van der Waals surface area contributed by atoms with Crippen molar-refractivity contribution in [2.24, 2.45) is 0 Å².